The second-order valence-electron chi connectivity index (χ2n) is 6.09. The number of para-hydroxylation sites is 1. The lowest BCUT2D eigenvalue weighted by Gasteiger charge is -2.34. The Kier molecular flexibility index (Phi) is 3.54. The zero-order valence-corrected chi connectivity index (χ0v) is 13.2. The SMILES string of the molecule is NC(=O)[C@@]1(c2cnccn2)CCCN1Cc1cc2ccccc2o1. The van der Waals surface area contributed by atoms with Gasteiger partial charge in [0.15, 0.2) is 0 Å². The lowest BCUT2D eigenvalue weighted by Crippen LogP contribution is -2.51. The maximum Gasteiger partial charge on any atom is 0.244 e. The summed E-state index contributed by atoms with van der Waals surface area (Å²) in [5.41, 5.74) is 6.33. The highest BCUT2D eigenvalue weighted by Crippen LogP contribution is 2.39. The number of hydrogen-bond acceptors (Lipinski definition) is 5. The molecule has 2 N–H and O–H groups in total. The van der Waals surface area contributed by atoms with E-state index in [0.717, 1.165) is 29.7 Å². The van der Waals surface area contributed by atoms with Crippen LogP contribution < -0.4 is 5.73 Å². The maximum atomic E-state index is 12.4. The molecule has 6 nitrogen and oxygen atoms in total. The van der Waals surface area contributed by atoms with Crippen molar-refractivity contribution in [1.29, 1.82) is 0 Å². The summed E-state index contributed by atoms with van der Waals surface area (Å²) >= 11 is 0. The molecule has 0 aliphatic carbocycles. The Hall–Kier alpha value is -2.73. The molecular weight excluding hydrogens is 304 g/mol. The van der Waals surface area contributed by atoms with E-state index in [1.807, 2.05) is 30.3 Å². The molecule has 3 aromatic rings. The third-order valence-electron chi connectivity index (χ3n) is 4.72. The van der Waals surface area contributed by atoms with Crippen LogP contribution in [-0.4, -0.2) is 27.3 Å². The van der Waals surface area contributed by atoms with Gasteiger partial charge in [0.2, 0.25) is 5.91 Å². The van der Waals surface area contributed by atoms with E-state index in [1.165, 1.54) is 0 Å². The van der Waals surface area contributed by atoms with E-state index < -0.39 is 11.4 Å². The van der Waals surface area contributed by atoms with Crippen LogP contribution in [0.5, 0.6) is 0 Å². The second kappa shape index (κ2) is 5.72. The predicted molar refractivity (Wildman–Crippen MR) is 88.8 cm³/mol. The number of benzene rings is 1. The molecule has 0 unspecified atom stereocenters. The Labute approximate surface area is 139 Å². The number of primary amides is 1. The van der Waals surface area contributed by atoms with Gasteiger partial charge in [0, 0.05) is 24.3 Å². The van der Waals surface area contributed by atoms with Crippen LogP contribution in [0.2, 0.25) is 0 Å². The van der Waals surface area contributed by atoms with Crippen molar-refractivity contribution in [1.82, 2.24) is 14.9 Å². The molecule has 1 aliphatic rings. The van der Waals surface area contributed by atoms with Gasteiger partial charge in [-0.25, -0.2) is 0 Å². The number of nitrogens with zero attached hydrogens (tertiary/aromatic N) is 3. The topological polar surface area (TPSA) is 85.2 Å². The molecule has 6 heteroatoms. The van der Waals surface area contributed by atoms with E-state index in [2.05, 4.69) is 14.9 Å². The van der Waals surface area contributed by atoms with Crippen molar-refractivity contribution < 1.29 is 9.21 Å². The molecule has 24 heavy (non-hydrogen) atoms. The molecule has 0 saturated carbocycles. The van der Waals surface area contributed by atoms with Gasteiger partial charge in [-0.2, -0.15) is 0 Å². The summed E-state index contributed by atoms with van der Waals surface area (Å²) in [5, 5.41) is 1.05. The van der Waals surface area contributed by atoms with E-state index >= 15 is 0 Å². The molecule has 2 aromatic heterocycles. The van der Waals surface area contributed by atoms with Crippen LogP contribution in [-0.2, 0) is 16.9 Å². The number of nitrogens with two attached hydrogens (primary N) is 1. The molecule has 122 valence electrons. The first-order valence-corrected chi connectivity index (χ1v) is 7.99. The molecule has 1 amide bonds. The van der Waals surface area contributed by atoms with Crippen LogP contribution in [0.3, 0.4) is 0 Å². The standard InChI is InChI=1S/C18H18N4O2/c19-17(23)18(16-11-20-7-8-21-16)6-3-9-22(18)12-14-10-13-4-1-2-5-15(13)24-14/h1-2,4-5,7-8,10-11H,3,6,9,12H2,(H2,19,23)/t18-/m0/s1. The fourth-order valence-corrected chi connectivity index (χ4v) is 3.60. The predicted octanol–water partition coefficient (Wildman–Crippen LogP) is 2.20. The summed E-state index contributed by atoms with van der Waals surface area (Å²) in [5.74, 6) is 0.421. The minimum absolute atomic E-state index is 0.392. The van der Waals surface area contributed by atoms with Gasteiger partial charge >= 0.3 is 0 Å². The van der Waals surface area contributed by atoms with Crippen molar-refractivity contribution in [2.24, 2.45) is 5.73 Å². The normalized spacial score (nSPS) is 21.3. The first-order valence-electron chi connectivity index (χ1n) is 7.99. The lowest BCUT2D eigenvalue weighted by molar-refractivity contribution is -0.130. The fraction of sp³-hybridized carbons (Fsp3) is 0.278. The molecule has 0 radical (unpaired) electrons. The molecule has 0 spiro atoms. The number of likely N-dealkylation sites (tertiary alicyclic amines) is 1. The molecule has 1 atom stereocenters. The van der Waals surface area contributed by atoms with Crippen molar-refractivity contribution in [3.8, 4) is 0 Å². The van der Waals surface area contributed by atoms with Crippen LogP contribution in [0, 0.1) is 0 Å². The first kappa shape index (κ1) is 14.8. The summed E-state index contributed by atoms with van der Waals surface area (Å²) in [7, 11) is 0. The lowest BCUT2D eigenvalue weighted by atomic mass is 9.91. The Balaban J connectivity index is 1.71. The minimum Gasteiger partial charge on any atom is -0.460 e. The zero-order chi connectivity index (χ0) is 16.6. The monoisotopic (exact) mass is 322 g/mol. The highest BCUT2D eigenvalue weighted by atomic mass is 16.3. The van der Waals surface area contributed by atoms with Gasteiger partial charge in [0.05, 0.1) is 18.4 Å². The minimum atomic E-state index is -0.923. The van der Waals surface area contributed by atoms with E-state index in [0.29, 0.717) is 18.7 Å². The molecule has 1 saturated heterocycles. The van der Waals surface area contributed by atoms with Crippen molar-refractivity contribution in [3.05, 3.63) is 60.4 Å². The van der Waals surface area contributed by atoms with Crippen LogP contribution in [0.1, 0.15) is 24.3 Å². The second-order valence-corrected chi connectivity index (χ2v) is 6.09. The number of carbonyl (C=O) groups excluding carboxylic acids is 1. The molecule has 1 aliphatic heterocycles. The van der Waals surface area contributed by atoms with Gasteiger partial charge in [0.1, 0.15) is 16.9 Å². The number of rotatable bonds is 4. The highest BCUT2D eigenvalue weighted by molar-refractivity contribution is 5.86. The van der Waals surface area contributed by atoms with Crippen molar-refractivity contribution in [2.45, 2.75) is 24.9 Å². The number of carbonyl (C=O) groups is 1. The van der Waals surface area contributed by atoms with Crippen LogP contribution >= 0.6 is 0 Å². The Bertz CT molecular complexity index is 844. The van der Waals surface area contributed by atoms with Crippen LogP contribution in [0.4, 0.5) is 0 Å². The van der Waals surface area contributed by atoms with Gasteiger partial charge in [0.25, 0.3) is 0 Å². The van der Waals surface area contributed by atoms with Gasteiger partial charge in [-0.15, -0.1) is 0 Å². The molecule has 1 aromatic carbocycles. The number of aromatic nitrogens is 2. The smallest absolute Gasteiger partial charge is 0.244 e. The highest BCUT2D eigenvalue weighted by Gasteiger charge is 2.49. The number of hydrogen-bond donors (Lipinski definition) is 1. The van der Waals surface area contributed by atoms with E-state index in [1.54, 1.807) is 18.6 Å². The average molecular weight is 322 g/mol. The van der Waals surface area contributed by atoms with Gasteiger partial charge in [-0.3, -0.25) is 19.7 Å². The maximum absolute atomic E-state index is 12.4. The van der Waals surface area contributed by atoms with E-state index in [9.17, 15) is 4.79 Å². The van der Waals surface area contributed by atoms with Gasteiger partial charge < -0.3 is 10.2 Å². The third-order valence-corrected chi connectivity index (χ3v) is 4.72. The fourth-order valence-electron chi connectivity index (χ4n) is 3.60. The van der Waals surface area contributed by atoms with Gasteiger partial charge in [-0.05, 0) is 25.0 Å². The molecule has 1 fully saturated rings. The van der Waals surface area contributed by atoms with Crippen LogP contribution in [0.15, 0.2) is 53.3 Å². The summed E-state index contributed by atoms with van der Waals surface area (Å²) in [6.07, 6.45) is 6.33. The average Bonchev–Trinajstić information content (AvgIpc) is 3.20. The van der Waals surface area contributed by atoms with Crippen molar-refractivity contribution in [2.75, 3.05) is 6.54 Å². The van der Waals surface area contributed by atoms with Crippen LogP contribution in [0.25, 0.3) is 11.0 Å². The Morgan fingerprint density at radius 1 is 1.33 bits per heavy atom. The Morgan fingerprint density at radius 2 is 2.21 bits per heavy atom. The summed E-state index contributed by atoms with van der Waals surface area (Å²) in [4.78, 5) is 22.9. The molecule has 3 heterocycles. The number of amides is 1. The molecule has 0 bridgehead atoms. The number of fused-ring (bicyclic) bond motifs is 1. The first-order chi connectivity index (χ1) is 11.7. The van der Waals surface area contributed by atoms with Gasteiger partial charge in [-0.1, -0.05) is 18.2 Å². The van der Waals surface area contributed by atoms with Crippen molar-refractivity contribution >= 4 is 16.9 Å². The number of furan rings is 1. The third kappa shape index (κ3) is 2.27. The van der Waals surface area contributed by atoms with E-state index in [-0.39, 0.29) is 0 Å². The summed E-state index contributed by atoms with van der Waals surface area (Å²) < 4.78 is 5.91. The van der Waals surface area contributed by atoms with Crippen molar-refractivity contribution in [3.63, 3.8) is 0 Å². The summed E-state index contributed by atoms with van der Waals surface area (Å²) in [6, 6.07) is 9.88. The zero-order valence-electron chi connectivity index (χ0n) is 13.2. The largest absolute Gasteiger partial charge is 0.460 e. The summed E-state index contributed by atoms with van der Waals surface area (Å²) in [6.45, 7) is 1.27. The Morgan fingerprint density at radius 3 is 2.96 bits per heavy atom. The molecule has 4 rings (SSSR count). The quantitative estimate of drug-likeness (QED) is 0.796. The molecular formula is C18H18N4O2. The van der Waals surface area contributed by atoms with E-state index in [4.69, 9.17) is 10.2 Å².